The molecule has 9 heteroatoms. The summed E-state index contributed by atoms with van der Waals surface area (Å²) in [5.74, 6) is -1.83. The van der Waals surface area contributed by atoms with Crippen molar-refractivity contribution in [3.63, 3.8) is 0 Å². The monoisotopic (exact) mass is 401 g/mol. The molecule has 0 fully saturated rings. The molecule has 2 rings (SSSR count). The Morgan fingerprint density at radius 1 is 1.25 bits per heavy atom. The first-order valence-electron chi connectivity index (χ1n) is 5.18. The van der Waals surface area contributed by atoms with Crippen LogP contribution in [0, 0.1) is 11.6 Å². The Bertz CT molecular complexity index is 749. The van der Waals surface area contributed by atoms with Gasteiger partial charge >= 0.3 is 0 Å². The van der Waals surface area contributed by atoms with Crippen molar-refractivity contribution in [1.82, 2.24) is 4.72 Å². The van der Waals surface area contributed by atoms with E-state index in [4.69, 9.17) is 11.6 Å². The first-order valence-corrected chi connectivity index (χ1v) is 8.65. The molecule has 3 nitrogen and oxygen atoms in total. The quantitative estimate of drug-likeness (QED) is 0.788. The third-order valence-electron chi connectivity index (χ3n) is 2.39. The van der Waals surface area contributed by atoms with E-state index in [1.807, 2.05) is 0 Å². The van der Waals surface area contributed by atoms with Gasteiger partial charge in [-0.3, -0.25) is 0 Å². The normalized spacial score (nSPS) is 11.8. The van der Waals surface area contributed by atoms with Gasteiger partial charge in [-0.2, -0.15) is 0 Å². The van der Waals surface area contributed by atoms with E-state index >= 15 is 0 Å². The number of halogens is 4. The van der Waals surface area contributed by atoms with Crippen LogP contribution >= 0.6 is 38.9 Å². The van der Waals surface area contributed by atoms with Crippen LogP contribution in [0.5, 0.6) is 0 Å². The first-order chi connectivity index (χ1) is 9.31. The van der Waals surface area contributed by atoms with Gasteiger partial charge in [-0.05, 0) is 40.2 Å². The first kappa shape index (κ1) is 15.8. The molecule has 0 aliphatic heterocycles. The average Bonchev–Trinajstić information content (AvgIpc) is 2.81. The number of sulfonamides is 1. The molecule has 0 unspecified atom stereocenters. The van der Waals surface area contributed by atoms with E-state index in [1.54, 1.807) is 6.07 Å². The minimum atomic E-state index is -3.82. The Morgan fingerprint density at radius 2 is 1.95 bits per heavy atom. The van der Waals surface area contributed by atoms with Crippen molar-refractivity contribution in [2.24, 2.45) is 0 Å². The highest BCUT2D eigenvalue weighted by molar-refractivity contribution is 9.11. The molecule has 0 spiro atoms. The fourth-order valence-corrected chi connectivity index (χ4v) is 4.64. The van der Waals surface area contributed by atoms with Gasteiger partial charge in [-0.25, -0.2) is 21.9 Å². The minimum Gasteiger partial charge on any atom is -0.207 e. The third-order valence-corrected chi connectivity index (χ3v) is 6.20. The Kier molecular flexibility index (Phi) is 4.80. The molecule has 0 saturated carbocycles. The van der Waals surface area contributed by atoms with Gasteiger partial charge in [0.05, 0.1) is 8.81 Å². The van der Waals surface area contributed by atoms with E-state index in [9.17, 15) is 17.2 Å². The molecule has 0 radical (unpaired) electrons. The highest BCUT2D eigenvalue weighted by atomic mass is 79.9. The van der Waals surface area contributed by atoms with Crippen LogP contribution in [0.1, 0.15) is 5.56 Å². The molecular formula is C11H7BrClF2NO2S2. The Morgan fingerprint density at radius 3 is 2.55 bits per heavy atom. The second-order valence-electron chi connectivity index (χ2n) is 3.70. The predicted octanol–water partition coefficient (Wildman–Crippen LogP) is 3.92. The number of benzene rings is 1. The van der Waals surface area contributed by atoms with Gasteiger partial charge in [-0.1, -0.05) is 11.6 Å². The van der Waals surface area contributed by atoms with Crippen LogP contribution in [-0.4, -0.2) is 8.42 Å². The van der Waals surface area contributed by atoms with Crippen LogP contribution in [0.25, 0.3) is 0 Å². The SMILES string of the molecule is O=S(=O)(NCc1c(F)ccc(Cl)c1F)c1ccc(Br)s1. The summed E-state index contributed by atoms with van der Waals surface area (Å²) in [6, 6.07) is 5.01. The van der Waals surface area contributed by atoms with Gasteiger partial charge in [0, 0.05) is 12.1 Å². The fourth-order valence-electron chi connectivity index (χ4n) is 1.41. The minimum absolute atomic E-state index is 0.0484. The zero-order valence-corrected chi connectivity index (χ0v) is 13.6. The summed E-state index contributed by atoms with van der Waals surface area (Å²) in [5.41, 5.74) is -0.420. The van der Waals surface area contributed by atoms with E-state index in [-0.39, 0.29) is 9.23 Å². The molecule has 0 atom stereocenters. The highest BCUT2D eigenvalue weighted by Gasteiger charge is 2.19. The van der Waals surface area contributed by atoms with Gasteiger partial charge in [0.1, 0.15) is 15.8 Å². The Hall–Kier alpha value is -0.540. The summed E-state index contributed by atoms with van der Waals surface area (Å²) in [6.07, 6.45) is 0. The molecule has 2 aromatic rings. The molecule has 1 aromatic carbocycles. The molecule has 0 aliphatic rings. The van der Waals surface area contributed by atoms with Gasteiger partial charge in [0.2, 0.25) is 10.0 Å². The lowest BCUT2D eigenvalue weighted by atomic mass is 10.2. The maximum Gasteiger partial charge on any atom is 0.250 e. The lowest BCUT2D eigenvalue weighted by molar-refractivity contribution is 0.545. The Labute approximate surface area is 131 Å². The summed E-state index contributed by atoms with van der Waals surface area (Å²) in [5, 5.41) is -0.264. The van der Waals surface area contributed by atoms with Crippen molar-refractivity contribution in [3.8, 4) is 0 Å². The smallest absolute Gasteiger partial charge is 0.207 e. The van der Waals surface area contributed by atoms with E-state index < -0.39 is 33.8 Å². The number of nitrogens with one attached hydrogen (secondary N) is 1. The zero-order valence-electron chi connectivity index (χ0n) is 9.66. The molecule has 20 heavy (non-hydrogen) atoms. The zero-order chi connectivity index (χ0) is 14.9. The lowest BCUT2D eigenvalue weighted by Crippen LogP contribution is -2.23. The van der Waals surface area contributed by atoms with Crippen molar-refractivity contribution in [1.29, 1.82) is 0 Å². The molecule has 0 amide bonds. The van der Waals surface area contributed by atoms with E-state index in [0.29, 0.717) is 3.79 Å². The van der Waals surface area contributed by atoms with Crippen molar-refractivity contribution in [2.75, 3.05) is 0 Å². The van der Waals surface area contributed by atoms with Crippen molar-refractivity contribution in [2.45, 2.75) is 10.8 Å². The largest absolute Gasteiger partial charge is 0.250 e. The highest BCUT2D eigenvalue weighted by Crippen LogP contribution is 2.26. The molecule has 1 aromatic heterocycles. The van der Waals surface area contributed by atoms with Crippen molar-refractivity contribution >= 4 is 48.9 Å². The summed E-state index contributed by atoms with van der Waals surface area (Å²) in [6.45, 7) is -0.518. The van der Waals surface area contributed by atoms with Crippen LogP contribution in [-0.2, 0) is 16.6 Å². The molecule has 1 heterocycles. The van der Waals surface area contributed by atoms with Crippen LogP contribution < -0.4 is 4.72 Å². The van der Waals surface area contributed by atoms with Crippen LogP contribution in [0.2, 0.25) is 5.02 Å². The molecule has 1 N–H and O–H groups in total. The van der Waals surface area contributed by atoms with Gasteiger partial charge < -0.3 is 0 Å². The lowest BCUT2D eigenvalue weighted by Gasteiger charge is -2.08. The van der Waals surface area contributed by atoms with Crippen LogP contribution in [0.15, 0.2) is 32.3 Å². The molecular weight excluding hydrogens is 396 g/mol. The predicted molar refractivity (Wildman–Crippen MR) is 77.4 cm³/mol. The van der Waals surface area contributed by atoms with E-state index in [2.05, 4.69) is 20.7 Å². The number of hydrogen-bond acceptors (Lipinski definition) is 3. The second kappa shape index (κ2) is 6.07. The van der Waals surface area contributed by atoms with Crippen molar-refractivity contribution in [3.05, 3.63) is 50.3 Å². The Balaban J connectivity index is 2.23. The molecule has 0 bridgehead atoms. The van der Waals surface area contributed by atoms with Crippen LogP contribution in [0.3, 0.4) is 0 Å². The van der Waals surface area contributed by atoms with Gasteiger partial charge in [-0.15, -0.1) is 11.3 Å². The maximum absolute atomic E-state index is 13.6. The summed E-state index contributed by atoms with van der Waals surface area (Å²) < 4.78 is 53.8. The van der Waals surface area contributed by atoms with Crippen LogP contribution in [0.4, 0.5) is 8.78 Å². The maximum atomic E-state index is 13.6. The molecule has 0 saturated heterocycles. The third kappa shape index (κ3) is 3.37. The van der Waals surface area contributed by atoms with E-state index in [1.165, 1.54) is 6.07 Å². The molecule has 108 valence electrons. The van der Waals surface area contributed by atoms with E-state index in [0.717, 1.165) is 23.5 Å². The number of rotatable bonds is 4. The number of thiophene rings is 1. The summed E-state index contributed by atoms with van der Waals surface area (Å²) >= 11 is 9.67. The summed E-state index contributed by atoms with van der Waals surface area (Å²) in [4.78, 5) is 0. The van der Waals surface area contributed by atoms with Gasteiger partial charge in [0.15, 0.2) is 0 Å². The fraction of sp³-hybridized carbons (Fsp3) is 0.0909. The molecule has 0 aliphatic carbocycles. The van der Waals surface area contributed by atoms with Gasteiger partial charge in [0.25, 0.3) is 0 Å². The summed E-state index contributed by atoms with van der Waals surface area (Å²) in [7, 11) is -3.82. The average molecular weight is 403 g/mol. The standard InChI is InChI=1S/C11H7BrClF2NO2S2/c12-9-3-4-10(19-9)20(17,18)16-5-6-8(14)2-1-7(13)11(6)15/h1-4,16H,5H2. The second-order valence-corrected chi connectivity index (χ2v) is 8.57. The van der Waals surface area contributed by atoms with Crippen molar-refractivity contribution < 1.29 is 17.2 Å². The topological polar surface area (TPSA) is 46.2 Å². The number of hydrogen-bond donors (Lipinski definition) is 1.